The number of fused-ring (bicyclic) bond motifs is 1. The van der Waals surface area contributed by atoms with Crippen LogP contribution < -0.4 is 5.73 Å². The fraction of sp³-hybridized carbons (Fsp3) is 0.476. The van der Waals surface area contributed by atoms with Crippen molar-refractivity contribution >= 4 is 39.7 Å². The van der Waals surface area contributed by atoms with Crippen LogP contribution in [0.5, 0.6) is 0 Å². The quantitative estimate of drug-likeness (QED) is 0.271. The minimum absolute atomic E-state index is 0.0666. The van der Waals surface area contributed by atoms with Gasteiger partial charge in [-0.3, -0.25) is 19.0 Å². The van der Waals surface area contributed by atoms with E-state index in [0.29, 0.717) is 5.75 Å². The molecule has 2 heterocycles. The van der Waals surface area contributed by atoms with Gasteiger partial charge in [0, 0.05) is 5.75 Å². The van der Waals surface area contributed by atoms with E-state index in [2.05, 4.69) is 0 Å². The highest BCUT2D eigenvalue weighted by molar-refractivity contribution is 8.00. The number of nitrogens with two attached hydrogens (primary N) is 1. The van der Waals surface area contributed by atoms with E-state index in [1.807, 2.05) is 6.92 Å². The van der Waals surface area contributed by atoms with Crippen molar-refractivity contribution in [2.45, 2.75) is 50.9 Å². The zero-order valence-corrected chi connectivity index (χ0v) is 20.7. The Morgan fingerprint density at radius 1 is 1.18 bits per heavy atom. The van der Waals surface area contributed by atoms with Crippen molar-refractivity contribution in [3.05, 3.63) is 41.1 Å². The molecule has 1 aromatic carbocycles. The summed E-state index contributed by atoms with van der Waals surface area (Å²) >= 11 is 1.52. The summed E-state index contributed by atoms with van der Waals surface area (Å²) in [7, 11) is -4.02. The van der Waals surface area contributed by atoms with Crippen molar-refractivity contribution in [3.63, 3.8) is 0 Å². The van der Waals surface area contributed by atoms with E-state index in [4.69, 9.17) is 19.8 Å². The summed E-state index contributed by atoms with van der Waals surface area (Å²) in [5, 5.41) is -0.226. The van der Waals surface area contributed by atoms with Crippen molar-refractivity contribution in [1.29, 1.82) is 0 Å². The number of nitrogens with zero attached hydrogens (tertiary/aromatic N) is 1. The number of benzene rings is 1. The van der Waals surface area contributed by atoms with Crippen LogP contribution in [0.3, 0.4) is 0 Å². The smallest absolute Gasteiger partial charge is 0.357 e. The molecule has 2 atom stereocenters. The van der Waals surface area contributed by atoms with Crippen LogP contribution in [0.15, 0.2) is 40.4 Å². The second kappa shape index (κ2) is 10.2. The number of carbonyl (C=O) groups is 3. The molecule has 10 nitrogen and oxygen atoms in total. The van der Waals surface area contributed by atoms with Gasteiger partial charge in [-0.25, -0.2) is 4.79 Å². The third-order valence-corrected chi connectivity index (χ3v) is 7.02. The van der Waals surface area contributed by atoms with Crippen LogP contribution in [0, 0.1) is 12.3 Å². The van der Waals surface area contributed by atoms with Gasteiger partial charge < -0.3 is 15.2 Å². The van der Waals surface area contributed by atoms with Crippen LogP contribution in [0.4, 0.5) is 0 Å². The second-order valence-electron chi connectivity index (χ2n) is 8.58. The molecule has 1 saturated heterocycles. The Hall–Kier alpha value is -2.41. The summed E-state index contributed by atoms with van der Waals surface area (Å²) in [6.07, 6.45) is 0. The number of β-lactam (4-membered cyclic amide) rings is 1. The van der Waals surface area contributed by atoms with Gasteiger partial charge in [-0.05, 0) is 52.3 Å². The summed E-state index contributed by atoms with van der Waals surface area (Å²) in [6, 6.07) is 5.40. The van der Waals surface area contributed by atoms with Crippen LogP contribution >= 0.6 is 11.8 Å². The summed E-state index contributed by atoms with van der Waals surface area (Å²) in [4.78, 5) is 36.9. The van der Waals surface area contributed by atoms with E-state index in [9.17, 15) is 22.8 Å². The number of aryl methyl sites for hydroxylation is 1. The summed E-state index contributed by atoms with van der Waals surface area (Å²) in [5.41, 5.74) is 6.95. The SMILES string of the molecule is CC1=C(C(=O)OCOC(=O)C(C)(C)C)N2C(=O)C(N)C2SC1.Cc1ccc(S(=O)(=O)O)cc1. The molecule has 0 aliphatic carbocycles. The maximum absolute atomic E-state index is 12.2. The molecule has 0 bridgehead atoms. The first-order valence-corrected chi connectivity index (χ1v) is 12.4. The van der Waals surface area contributed by atoms with Crippen molar-refractivity contribution in [2.75, 3.05) is 12.5 Å². The zero-order chi connectivity index (χ0) is 25.1. The highest BCUT2D eigenvalue weighted by atomic mass is 32.2. The van der Waals surface area contributed by atoms with Crippen LogP contribution in [0.1, 0.15) is 33.3 Å². The molecule has 3 rings (SSSR count). The molecule has 3 N–H and O–H groups in total. The normalized spacial score (nSPS) is 20.2. The first-order chi connectivity index (χ1) is 15.1. The molecule has 0 spiro atoms. The third kappa shape index (κ3) is 6.56. The largest absolute Gasteiger partial charge is 0.427 e. The molecule has 0 saturated carbocycles. The van der Waals surface area contributed by atoms with Gasteiger partial charge in [0.25, 0.3) is 10.1 Å². The molecule has 2 unspecified atom stereocenters. The molecule has 2 aliphatic heterocycles. The lowest BCUT2D eigenvalue weighted by Gasteiger charge is -2.47. The average Bonchev–Trinajstić information content (AvgIpc) is 2.72. The van der Waals surface area contributed by atoms with Crippen LogP contribution in [0.25, 0.3) is 0 Å². The Labute approximate surface area is 197 Å². The molecule has 1 fully saturated rings. The van der Waals surface area contributed by atoms with E-state index in [1.54, 1.807) is 39.8 Å². The lowest BCUT2D eigenvalue weighted by atomic mass is 9.98. The van der Waals surface area contributed by atoms with E-state index >= 15 is 0 Å². The fourth-order valence-electron chi connectivity index (χ4n) is 2.79. The number of hydrogen-bond acceptors (Lipinski definition) is 9. The standard InChI is InChI=1S/C14H20N2O5S.C7H8O3S/c1-7-5-22-11-8(15)10(17)16(11)9(7)12(18)20-6-21-13(19)14(2,3)4;1-6-2-4-7(5-3-6)11(8,9)10/h8,11H,5-6,15H2,1-4H3;2-5H,1H3,(H,8,9,10). The average molecular weight is 501 g/mol. The maximum atomic E-state index is 12.2. The van der Waals surface area contributed by atoms with Gasteiger partial charge in [0.05, 0.1) is 10.3 Å². The van der Waals surface area contributed by atoms with Gasteiger partial charge in [0.1, 0.15) is 17.1 Å². The van der Waals surface area contributed by atoms with E-state index in [-0.39, 0.29) is 21.9 Å². The number of esters is 2. The lowest BCUT2D eigenvalue weighted by Crippen LogP contribution is -2.68. The molecule has 33 heavy (non-hydrogen) atoms. The molecule has 12 heteroatoms. The van der Waals surface area contributed by atoms with Crippen molar-refractivity contribution < 1.29 is 36.8 Å². The first kappa shape index (κ1) is 26.8. The fourth-order valence-corrected chi connectivity index (χ4v) is 4.51. The molecular weight excluding hydrogens is 472 g/mol. The van der Waals surface area contributed by atoms with E-state index in [0.717, 1.165) is 11.1 Å². The molecule has 182 valence electrons. The minimum Gasteiger partial charge on any atom is -0.427 e. The van der Waals surface area contributed by atoms with Gasteiger partial charge in [0.15, 0.2) is 0 Å². The monoisotopic (exact) mass is 500 g/mol. The minimum atomic E-state index is -4.02. The number of rotatable bonds is 4. The summed E-state index contributed by atoms with van der Waals surface area (Å²) in [6.45, 7) is 8.23. The predicted octanol–water partition coefficient (Wildman–Crippen LogP) is 1.83. The predicted molar refractivity (Wildman–Crippen MR) is 121 cm³/mol. The zero-order valence-electron chi connectivity index (χ0n) is 19.0. The van der Waals surface area contributed by atoms with Gasteiger partial charge in [-0.15, -0.1) is 11.8 Å². The van der Waals surface area contributed by atoms with Crippen molar-refractivity contribution in [1.82, 2.24) is 4.90 Å². The number of amides is 1. The Bertz CT molecular complexity index is 1060. The Balaban J connectivity index is 0.000000294. The topological polar surface area (TPSA) is 153 Å². The van der Waals surface area contributed by atoms with Gasteiger partial charge >= 0.3 is 11.9 Å². The Kier molecular flexibility index (Phi) is 8.33. The van der Waals surface area contributed by atoms with Gasteiger partial charge in [0.2, 0.25) is 12.7 Å². The van der Waals surface area contributed by atoms with E-state index < -0.39 is 40.3 Å². The Morgan fingerprint density at radius 2 is 1.76 bits per heavy atom. The van der Waals surface area contributed by atoms with Crippen LogP contribution in [-0.2, 0) is 34.0 Å². The molecule has 2 aliphatic rings. The van der Waals surface area contributed by atoms with Crippen molar-refractivity contribution in [2.24, 2.45) is 11.1 Å². The van der Waals surface area contributed by atoms with Gasteiger partial charge in [-0.1, -0.05) is 17.7 Å². The molecular formula is C21H28N2O8S2. The van der Waals surface area contributed by atoms with Crippen LogP contribution in [-0.4, -0.2) is 59.7 Å². The van der Waals surface area contributed by atoms with Gasteiger partial charge in [-0.2, -0.15) is 8.42 Å². The first-order valence-electron chi connectivity index (χ1n) is 9.93. The second-order valence-corrected chi connectivity index (χ2v) is 11.1. The number of ether oxygens (including phenoxy) is 2. The Morgan fingerprint density at radius 3 is 2.27 bits per heavy atom. The lowest BCUT2D eigenvalue weighted by molar-refractivity contribution is -0.173. The van der Waals surface area contributed by atoms with E-state index in [1.165, 1.54) is 28.8 Å². The third-order valence-electron chi connectivity index (χ3n) is 4.70. The molecule has 1 amide bonds. The molecule has 0 aromatic heterocycles. The number of hydrogen-bond donors (Lipinski definition) is 2. The molecule has 0 radical (unpaired) electrons. The highest BCUT2D eigenvalue weighted by Gasteiger charge is 2.51. The summed E-state index contributed by atoms with van der Waals surface area (Å²) in [5.74, 6) is -0.834. The molecule has 1 aromatic rings. The number of thioether (sulfide) groups is 1. The number of carbonyl (C=O) groups excluding carboxylic acids is 3. The van der Waals surface area contributed by atoms with Crippen LogP contribution in [0.2, 0.25) is 0 Å². The van der Waals surface area contributed by atoms with Crippen molar-refractivity contribution in [3.8, 4) is 0 Å². The maximum Gasteiger partial charge on any atom is 0.357 e. The summed E-state index contributed by atoms with van der Waals surface area (Å²) < 4.78 is 39.4. The highest BCUT2D eigenvalue weighted by Crippen LogP contribution is 2.39.